The molecule has 130 valence electrons. The fourth-order valence-electron chi connectivity index (χ4n) is 3.49. The van der Waals surface area contributed by atoms with Gasteiger partial charge in [-0.1, -0.05) is 30.3 Å². The van der Waals surface area contributed by atoms with E-state index in [1.165, 1.54) is 22.5 Å². The summed E-state index contributed by atoms with van der Waals surface area (Å²) < 4.78 is 2.30. The van der Waals surface area contributed by atoms with E-state index in [1.807, 2.05) is 0 Å². The van der Waals surface area contributed by atoms with Crippen LogP contribution < -0.4 is 5.32 Å². The predicted molar refractivity (Wildman–Crippen MR) is 110 cm³/mol. The minimum atomic E-state index is 0.0188. The van der Waals surface area contributed by atoms with Crippen molar-refractivity contribution in [1.29, 1.82) is 0 Å². The van der Waals surface area contributed by atoms with Crippen LogP contribution >= 0.6 is 11.6 Å². The van der Waals surface area contributed by atoms with Crippen molar-refractivity contribution in [1.82, 2.24) is 0 Å². The van der Waals surface area contributed by atoms with Gasteiger partial charge in [-0.05, 0) is 44.0 Å². The van der Waals surface area contributed by atoms with Gasteiger partial charge in [0.15, 0.2) is 5.71 Å². The van der Waals surface area contributed by atoms with Crippen LogP contribution in [0.2, 0.25) is 0 Å². The molecule has 1 aliphatic heterocycles. The number of hydrogen-bond donors (Lipinski definition) is 1. The summed E-state index contributed by atoms with van der Waals surface area (Å²) in [6.07, 6.45) is 5.42. The third-order valence-corrected chi connectivity index (χ3v) is 5.19. The molecule has 1 heterocycles. The third-order valence-electron chi connectivity index (χ3n) is 4.92. The molecular formula is C22H26ClN2+. The molecule has 0 bridgehead atoms. The molecule has 1 N–H and O–H groups in total. The Morgan fingerprint density at radius 2 is 1.76 bits per heavy atom. The van der Waals surface area contributed by atoms with Crippen molar-refractivity contribution < 1.29 is 4.58 Å². The van der Waals surface area contributed by atoms with Crippen LogP contribution in [-0.4, -0.2) is 29.8 Å². The molecule has 0 unspecified atom stereocenters. The van der Waals surface area contributed by atoms with Crippen LogP contribution in [0.3, 0.4) is 0 Å². The molecule has 3 heteroatoms. The van der Waals surface area contributed by atoms with Crippen molar-refractivity contribution in [3.05, 3.63) is 65.7 Å². The minimum absolute atomic E-state index is 0.0188. The number of alkyl halides is 1. The lowest BCUT2D eigenvalue weighted by atomic mass is 9.81. The summed E-state index contributed by atoms with van der Waals surface area (Å²) in [7, 11) is 2.15. The van der Waals surface area contributed by atoms with Crippen molar-refractivity contribution in [2.75, 3.05) is 24.8 Å². The predicted octanol–water partition coefficient (Wildman–Crippen LogP) is 5.45. The molecule has 2 aromatic rings. The third kappa shape index (κ3) is 3.64. The van der Waals surface area contributed by atoms with Gasteiger partial charge in [-0.2, -0.15) is 4.58 Å². The Kier molecular flexibility index (Phi) is 5.29. The van der Waals surface area contributed by atoms with Gasteiger partial charge in [0.1, 0.15) is 7.05 Å². The second-order valence-corrected chi connectivity index (χ2v) is 7.39. The van der Waals surface area contributed by atoms with Gasteiger partial charge in [-0.15, -0.1) is 11.6 Å². The summed E-state index contributed by atoms with van der Waals surface area (Å²) in [6.45, 7) is 5.49. The highest BCUT2D eigenvalue weighted by atomic mass is 35.5. The molecule has 2 aromatic carbocycles. The molecule has 0 saturated heterocycles. The summed E-state index contributed by atoms with van der Waals surface area (Å²) in [5.41, 5.74) is 6.36. The lowest BCUT2D eigenvalue weighted by Crippen LogP contribution is -2.26. The zero-order valence-electron chi connectivity index (χ0n) is 15.2. The molecule has 0 radical (unpaired) electrons. The van der Waals surface area contributed by atoms with Crippen LogP contribution in [0.15, 0.2) is 54.6 Å². The van der Waals surface area contributed by atoms with Gasteiger partial charge < -0.3 is 5.32 Å². The topological polar surface area (TPSA) is 15.0 Å². The van der Waals surface area contributed by atoms with Gasteiger partial charge >= 0.3 is 0 Å². The van der Waals surface area contributed by atoms with E-state index in [2.05, 4.69) is 91.5 Å². The number of fused-ring (bicyclic) bond motifs is 1. The molecule has 0 saturated carbocycles. The molecular weight excluding hydrogens is 328 g/mol. The molecule has 0 amide bonds. The first-order valence-electron chi connectivity index (χ1n) is 8.82. The second kappa shape index (κ2) is 7.45. The SMILES string of the molecule is C[N+]1=C(/C=C/c2ccc(NCCCCl)cc2)C(C)(C)c2ccccc21. The summed E-state index contributed by atoms with van der Waals surface area (Å²) >= 11 is 5.71. The van der Waals surface area contributed by atoms with Crippen molar-refractivity contribution >= 4 is 34.8 Å². The smallest absolute Gasteiger partial charge is 0.209 e. The molecule has 25 heavy (non-hydrogen) atoms. The summed E-state index contributed by atoms with van der Waals surface area (Å²) in [4.78, 5) is 0. The number of halogens is 1. The normalized spacial score (nSPS) is 15.7. The van der Waals surface area contributed by atoms with Crippen molar-refractivity contribution in [3.8, 4) is 0 Å². The zero-order valence-corrected chi connectivity index (χ0v) is 16.0. The Morgan fingerprint density at radius 3 is 2.44 bits per heavy atom. The highest BCUT2D eigenvalue weighted by Crippen LogP contribution is 2.39. The highest BCUT2D eigenvalue weighted by Gasteiger charge is 2.42. The maximum atomic E-state index is 5.71. The quantitative estimate of drug-likeness (QED) is 0.414. The van der Waals surface area contributed by atoms with Crippen LogP contribution in [0.1, 0.15) is 31.4 Å². The maximum Gasteiger partial charge on any atom is 0.209 e. The van der Waals surface area contributed by atoms with Gasteiger partial charge in [0.25, 0.3) is 0 Å². The Bertz CT molecular complexity index is 801. The average molecular weight is 354 g/mol. The number of hydrogen-bond acceptors (Lipinski definition) is 1. The first kappa shape index (κ1) is 17.8. The monoisotopic (exact) mass is 353 g/mol. The minimum Gasteiger partial charge on any atom is -0.385 e. The summed E-state index contributed by atoms with van der Waals surface area (Å²) in [5.74, 6) is 0.693. The number of para-hydroxylation sites is 1. The van der Waals surface area contributed by atoms with Crippen LogP contribution in [0.5, 0.6) is 0 Å². The molecule has 3 rings (SSSR count). The van der Waals surface area contributed by atoms with E-state index in [0.717, 1.165) is 18.7 Å². The molecule has 2 nitrogen and oxygen atoms in total. The van der Waals surface area contributed by atoms with Gasteiger partial charge in [0, 0.05) is 35.8 Å². The lowest BCUT2D eigenvalue weighted by molar-refractivity contribution is -0.401. The number of anilines is 1. The molecule has 0 fully saturated rings. The molecule has 0 aromatic heterocycles. The fraction of sp³-hybridized carbons (Fsp3) is 0.318. The van der Waals surface area contributed by atoms with E-state index in [1.54, 1.807) is 0 Å². The first-order valence-corrected chi connectivity index (χ1v) is 9.36. The number of nitrogens with one attached hydrogen (secondary N) is 1. The number of rotatable bonds is 6. The van der Waals surface area contributed by atoms with Gasteiger partial charge in [-0.3, -0.25) is 0 Å². The van der Waals surface area contributed by atoms with Crippen LogP contribution in [0.4, 0.5) is 11.4 Å². The van der Waals surface area contributed by atoms with Crippen LogP contribution in [-0.2, 0) is 5.41 Å². The zero-order chi connectivity index (χ0) is 17.9. The number of allylic oxidation sites excluding steroid dienone is 1. The largest absolute Gasteiger partial charge is 0.385 e. The maximum absolute atomic E-state index is 5.71. The van der Waals surface area contributed by atoms with Crippen LogP contribution in [0.25, 0.3) is 6.08 Å². The average Bonchev–Trinajstić information content (AvgIpc) is 2.81. The molecule has 1 aliphatic rings. The Morgan fingerprint density at radius 1 is 1.04 bits per heavy atom. The van der Waals surface area contributed by atoms with E-state index in [4.69, 9.17) is 11.6 Å². The number of benzene rings is 2. The van der Waals surface area contributed by atoms with E-state index in [9.17, 15) is 0 Å². The van der Waals surface area contributed by atoms with E-state index < -0.39 is 0 Å². The second-order valence-electron chi connectivity index (χ2n) is 7.01. The lowest BCUT2D eigenvalue weighted by Gasteiger charge is -2.15. The standard InChI is InChI=1S/C22H25ClN2/c1-22(2)19-7-4-5-8-20(19)25(3)21(22)14-11-17-9-12-18(13-10-17)24-16-6-15-23/h4-5,7-14H,6,15-16H2,1-3H3/p+1. The molecule has 0 aliphatic carbocycles. The Labute approximate surface area is 155 Å². The summed E-state index contributed by atoms with van der Waals surface area (Å²) in [6, 6.07) is 17.2. The molecule has 0 spiro atoms. The van der Waals surface area contributed by atoms with E-state index in [-0.39, 0.29) is 5.41 Å². The van der Waals surface area contributed by atoms with Gasteiger partial charge in [0.2, 0.25) is 5.69 Å². The summed E-state index contributed by atoms with van der Waals surface area (Å²) in [5, 5.41) is 3.38. The Balaban J connectivity index is 1.77. The van der Waals surface area contributed by atoms with Gasteiger partial charge in [-0.25, -0.2) is 0 Å². The van der Waals surface area contributed by atoms with Crippen molar-refractivity contribution in [2.45, 2.75) is 25.7 Å². The highest BCUT2D eigenvalue weighted by molar-refractivity contribution is 6.17. The Hall–Kier alpha value is -2.06. The van der Waals surface area contributed by atoms with Crippen molar-refractivity contribution in [3.63, 3.8) is 0 Å². The van der Waals surface area contributed by atoms with E-state index >= 15 is 0 Å². The van der Waals surface area contributed by atoms with Crippen molar-refractivity contribution in [2.24, 2.45) is 0 Å². The van der Waals surface area contributed by atoms with Gasteiger partial charge in [0.05, 0.1) is 5.41 Å². The first-order chi connectivity index (χ1) is 12.0. The van der Waals surface area contributed by atoms with E-state index in [0.29, 0.717) is 5.88 Å². The number of nitrogens with zero attached hydrogens (tertiary/aromatic N) is 1. The molecule has 0 atom stereocenters. The van der Waals surface area contributed by atoms with Crippen LogP contribution in [0, 0.1) is 0 Å². The fourth-order valence-corrected chi connectivity index (χ4v) is 3.62.